The lowest BCUT2D eigenvalue weighted by Gasteiger charge is -2.02. The molecule has 0 aliphatic heterocycles. The van der Waals surface area contributed by atoms with Gasteiger partial charge in [-0.15, -0.1) is 11.3 Å². The summed E-state index contributed by atoms with van der Waals surface area (Å²) >= 11 is 2.86. The number of aryl methyl sites for hydroxylation is 1. The van der Waals surface area contributed by atoms with E-state index in [4.69, 9.17) is 0 Å². The zero-order valence-corrected chi connectivity index (χ0v) is 13.8. The number of thiophene rings is 1. The first-order chi connectivity index (χ1) is 9.51. The molecular formula is C14H19N3OS2. The molecule has 6 heteroatoms. The van der Waals surface area contributed by atoms with Gasteiger partial charge in [0.05, 0.1) is 5.56 Å². The molecule has 108 valence electrons. The van der Waals surface area contributed by atoms with Crippen molar-refractivity contribution in [3.63, 3.8) is 0 Å². The van der Waals surface area contributed by atoms with E-state index in [-0.39, 0.29) is 5.91 Å². The van der Waals surface area contributed by atoms with E-state index in [9.17, 15) is 4.79 Å². The van der Waals surface area contributed by atoms with E-state index in [1.165, 1.54) is 16.4 Å². The van der Waals surface area contributed by atoms with Crippen LogP contribution < -0.4 is 5.32 Å². The fraction of sp³-hybridized carbons (Fsp3) is 0.500. The Balaban J connectivity index is 2.09. The lowest BCUT2D eigenvalue weighted by atomic mass is 10.1. The van der Waals surface area contributed by atoms with Crippen molar-refractivity contribution in [2.75, 3.05) is 5.32 Å². The minimum absolute atomic E-state index is 0.0848. The molecule has 0 aliphatic rings. The van der Waals surface area contributed by atoms with Gasteiger partial charge >= 0.3 is 0 Å². The van der Waals surface area contributed by atoms with E-state index in [1.807, 2.05) is 12.3 Å². The first-order valence-electron chi connectivity index (χ1n) is 6.72. The maximum atomic E-state index is 12.3. The second kappa shape index (κ2) is 6.45. The first kappa shape index (κ1) is 15.1. The number of carbonyl (C=O) groups excluding carboxylic acids is 1. The van der Waals surface area contributed by atoms with E-state index >= 15 is 0 Å². The van der Waals surface area contributed by atoms with Crippen LogP contribution in [0.5, 0.6) is 0 Å². The number of aromatic nitrogens is 2. The van der Waals surface area contributed by atoms with Crippen molar-refractivity contribution in [2.24, 2.45) is 5.92 Å². The molecule has 1 N–H and O–H groups in total. The van der Waals surface area contributed by atoms with Gasteiger partial charge in [0.15, 0.2) is 0 Å². The van der Waals surface area contributed by atoms with Gasteiger partial charge in [0.1, 0.15) is 5.82 Å². The molecule has 0 saturated carbocycles. The van der Waals surface area contributed by atoms with Crippen molar-refractivity contribution in [1.29, 1.82) is 0 Å². The normalized spacial score (nSPS) is 11.1. The zero-order chi connectivity index (χ0) is 14.7. The van der Waals surface area contributed by atoms with Crippen molar-refractivity contribution in [3.8, 4) is 0 Å². The van der Waals surface area contributed by atoms with Gasteiger partial charge in [-0.2, -0.15) is 4.37 Å². The van der Waals surface area contributed by atoms with Crippen LogP contribution in [0.2, 0.25) is 0 Å². The molecule has 2 aromatic rings. The van der Waals surface area contributed by atoms with Crippen LogP contribution in [-0.2, 0) is 12.8 Å². The summed E-state index contributed by atoms with van der Waals surface area (Å²) in [5.74, 6) is 1.23. The van der Waals surface area contributed by atoms with Crippen LogP contribution in [0.25, 0.3) is 0 Å². The fourth-order valence-corrected chi connectivity index (χ4v) is 3.56. The van der Waals surface area contributed by atoms with E-state index in [0.717, 1.165) is 29.8 Å². The Labute approximate surface area is 127 Å². The molecule has 0 spiro atoms. The maximum absolute atomic E-state index is 12.3. The minimum atomic E-state index is -0.0848. The fourth-order valence-electron chi connectivity index (χ4n) is 2.03. The summed E-state index contributed by atoms with van der Waals surface area (Å²) in [7, 11) is 0. The number of rotatable bonds is 5. The second-order valence-corrected chi connectivity index (χ2v) is 6.94. The van der Waals surface area contributed by atoms with E-state index in [1.54, 1.807) is 11.3 Å². The van der Waals surface area contributed by atoms with Crippen LogP contribution in [0, 0.1) is 12.8 Å². The summed E-state index contributed by atoms with van der Waals surface area (Å²) in [5, 5.41) is 5.35. The van der Waals surface area contributed by atoms with Crippen LogP contribution >= 0.6 is 22.9 Å². The third-order valence-corrected chi connectivity index (χ3v) is 4.60. The summed E-state index contributed by atoms with van der Waals surface area (Å²) in [4.78, 5) is 17.8. The molecular weight excluding hydrogens is 290 g/mol. The van der Waals surface area contributed by atoms with Gasteiger partial charge < -0.3 is 0 Å². The van der Waals surface area contributed by atoms with Gasteiger partial charge in [0.25, 0.3) is 5.91 Å². The Morgan fingerprint density at radius 2 is 2.20 bits per heavy atom. The molecule has 0 fully saturated rings. The van der Waals surface area contributed by atoms with Crippen LogP contribution in [0.3, 0.4) is 0 Å². The Morgan fingerprint density at radius 1 is 1.45 bits per heavy atom. The number of hydrogen-bond donors (Lipinski definition) is 1. The smallest absolute Gasteiger partial charge is 0.258 e. The molecule has 0 aliphatic carbocycles. The number of nitrogens with zero attached hydrogens (tertiary/aromatic N) is 2. The lowest BCUT2D eigenvalue weighted by Crippen LogP contribution is -2.13. The topological polar surface area (TPSA) is 54.9 Å². The molecule has 0 bridgehead atoms. The largest absolute Gasteiger partial charge is 0.297 e. The number of carbonyl (C=O) groups is 1. The molecule has 0 atom stereocenters. The van der Waals surface area contributed by atoms with Crippen LogP contribution in [0.1, 0.15) is 47.4 Å². The molecule has 0 aromatic carbocycles. The highest BCUT2D eigenvalue weighted by atomic mass is 32.1. The summed E-state index contributed by atoms with van der Waals surface area (Å²) in [6, 6.07) is 0. The Bertz CT molecular complexity index is 601. The van der Waals surface area contributed by atoms with Gasteiger partial charge in [0, 0.05) is 28.2 Å². The molecule has 2 aromatic heterocycles. The number of nitrogens with one attached hydrogen (secondary N) is 1. The van der Waals surface area contributed by atoms with E-state index in [2.05, 4.69) is 35.4 Å². The first-order valence-corrected chi connectivity index (χ1v) is 8.37. The highest BCUT2D eigenvalue weighted by Crippen LogP contribution is 2.24. The van der Waals surface area contributed by atoms with Gasteiger partial charge in [-0.3, -0.25) is 10.1 Å². The molecule has 0 radical (unpaired) electrons. The van der Waals surface area contributed by atoms with Gasteiger partial charge in [-0.1, -0.05) is 20.8 Å². The molecule has 1 amide bonds. The number of anilines is 1. The summed E-state index contributed by atoms with van der Waals surface area (Å²) in [6.07, 6.45) is 1.71. The molecule has 4 nitrogen and oxygen atoms in total. The Hall–Kier alpha value is -1.27. The van der Waals surface area contributed by atoms with Gasteiger partial charge in [-0.05, 0) is 24.8 Å². The van der Waals surface area contributed by atoms with Crippen molar-refractivity contribution in [2.45, 2.75) is 40.5 Å². The quantitative estimate of drug-likeness (QED) is 0.910. The highest BCUT2D eigenvalue weighted by Gasteiger charge is 2.16. The van der Waals surface area contributed by atoms with E-state index < -0.39 is 0 Å². The van der Waals surface area contributed by atoms with Crippen LogP contribution in [0.4, 0.5) is 5.13 Å². The van der Waals surface area contributed by atoms with Gasteiger partial charge in [0.2, 0.25) is 5.13 Å². The van der Waals surface area contributed by atoms with Crippen molar-refractivity contribution in [1.82, 2.24) is 9.36 Å². The molecule has 20 heavy (non-hydrogen) atoms. The Kier molecular flexibility index (Phi) is 4.88. The van der Waals surface area contributed by atoms with Crippen LogP contribution in [0.15, 0.2) is 5.38 Å². The van der Waals surface area contributed by atoms with E-state index in [0.29, 0.717) is 11.0 Å². The average Bonchev–Trinajstić information content (AvgIpc) is 2.95. The second-order valence-electron chi connectivity index (χ2n) is 5.11. The zero-order valence-electron chi connectivity index (χ0n) is 12.2. The third-order valence-electron chi connectivity index (χ3n) is 2.98. The summed E-state index contributed by atoms with van der Waals surface area (Å²) < 4.78 is 4.27. The minimum Gasteiger partial charge on any atom is -0.297 e. The number of hydrogen-bond acceptors (Lipinski definition) is 5. The number of amides is 1. The van der Waals surface area contributed by atoms with Gasteiger partial charge in [-0.25, -0.2) is 4.98 Å². The van der Waals surface area contributed by atoms with Crippen molar-refractivity contribution >= 4 is 33.9 Å². The monoisotopic (exact) mass is 309 g/mol. The predicted molar refractivity (Wildman–Crippen MR) is 84.8 cm³/mol. The van der Waals surface area contributed by atoms with Crippen LogP contribution in [-0.4, -0.2) is 15.3 Å². The Morgan fingerprint density at radius 3 is 2.85 bits per heavy atom. The van der Waals surface area contributed by atoms with Crippen molar-refractivity contribution < 1.29 is 4.79 Å². The average molecular weight is 309 g/mol. The summed E-state index contributed by atoms with van der Waals surface area (Å²) in [5.41, 5.74) is 1.88. The lowest BCUT2D eigenvalue weighted by molar-refractivity contribution is 0.102. The molecule has 2 rings (SSSR count). The van der Waals surface area contributed by atoms with Crippen molar-refractivity contribution in [3.05, 3.63) is 27.2 Å². The molecule has 0 saturated heterocycles. The SMILES string of the molecule is CCc1c(C(=O)Nc2nc(CC(C)C)ns2)csc1C. The molecule has 0 unspecified atom stereocenters. The highest BCUT2D eigenvalue weighted by molar-refractivity contribution is 7.10. The summed E-state index contributed by atoms with van der Waals surface area (Å²) in [6.45, 7) is 8.37. The molecule has 2 heterocycles. The maximum Gasteiger partial charge on any atom is 0.258 e. The standard InChI is InChI=1S/C14H19N3OS2/c1-5-10-9(4)19-7-11(10)13(18)16-14-15-12(17-20-14)6-8(2)3/h7-8H,5-6H2,1-4H3,(H,15,16,17,18). The third kappa shape index (κ3) is 3.43. The predicted octanol–water partition coefficient (Wildman–Crippen LogP) is 3.92.